The summed E-state index contributed by atoms with van der Waals surface area (Å²) in [5, 5.41) is 0. The predicted molar refractivity (Wildman–Crippen MR) is 92.1 cm³/mol. The average molecular weight is 356 g/mol. The van der Waals surface area contributed by atoms with E-state index in [9.17, 15) is 8.78 Å². The number of halogens is 2. The lowest BCUT2D eigenvalue weighted by atomic mass is 10.1. The minimum atomic E-state index is -0.620. The van der Waals surface area contributed by atoms with E-state index in [1.807, 2.05) is 18.2 Å². The van der Waals surface area contributed by atoms with Crippen molar-refractivity contribution in [2.24, 2.45) is 0 Å². The summed E-state index contributed by atoms with van der Waals surface area (Å²) in [7, 11) is 0. The minimum absolute atomic E-state index is 0.0805. The van der Waals surface area contributed by atoms with Crippen molar-refractivity contribution in [1.82, 2.24) is 19.9 Å². The molecule has 26 heavy (non-hydrogen) atoms. The highest BCUT2D eigenvalue weighted by molar-refractivity contribution is 5.59. The summed E-state index contributed by atoms with van der Waals surface area (Å²) >= 11 is 0. The van der Waals surface area contributed by atoms with Gasteiger partial charge in [-0.15, -0.1) is 0 Å². The molecule has 1 aliphatic rings. The topological polar surface area (TPSA) is 54.0 Å². The number of imidazole rings is 1. The van der Waals surface area contributed by atoms with Crippen LogP contribution in [0, 0.1) is 11.6 Å². The van der Waals surface area contributed by atoms with Gasteiger partial charge in [0.1, 0.15) is 17.5 Å². The summed E-state index contributed by atoms with van der Waals surface area (Å²) in [6.07, 6.45) is 3.34. The fourth-order valence-electron chi connectivity index (χ4n) is 3.13. The summed E-state index contributed by atoms with van der Waals surface area (Å²) in [5.41, 5.74) is 1.77. The molecule has 5 nitrogen and oxygen atoms in total. The fraction of sp³-hybridized carbons (Fsp3) is 0.263. The highest BCUT2D eigenvalue weighted by atomic mass is 19.1. The normalized spacial score (nSPS) is 18.2. The molecule has 1 fully saturated rings. The Balaban J connectivity index is 1.58. The van der Waals surface area contributed by atoms with Crippen LogP contribution in [-0.4, -0.2) is 39.6 Å². The van der Waals surface area contributed by atoms with Gasteiger partial charge < -0.3 is 9.72 Å². The molecule has 1 aliphatic heterocycles. The van der Waals surface area contributed by atoms with Crippen LogP contribution in [0.4, 0.5) is 8.78 Å². The number of hydrogen-bond acceptors (Lipinski definition) is 4. The van der Waals surface area contributed by atoms with Crippen LogP contribution < -0.4 is 0 Å². The first kappa shape index (κ1) is 16.8. The van der Waals surface area contributed by atoms with Gasteiger partial charge in [0.2, 0.25) is 0 Å². The van der Waals surface area contributed by atoms with Crippen molar-refractivity contribution in [3.05, 3.63) is 71.9 Å². The van der Waals surface area contributed by atoms with E-state index in [0.717, 1.165) is 18.3 Å². The van der Waals surface area contributed by atoms with E-state index in [-0.39, 0.29) is 11.6 Å². The summed E-state index contributed by atoms with van der Waals surface area (Å²) in [6.45, 7) is 2.56. The van der Waals surface area contributed by atoms with Crippen molar-refractivity contribution in [1.29, 1.82) is 0 Å². The van der Waals surface area contributed by atoms with Gasteiger partial charge in [-0.25, -0.2) is 13.8 Å². The lowest BCUT2D eigenvalue weighted by molar-refractivity contribution is -0.0161. The van der Waals surface area contributed by atoms with Crippen molar-refractivity contribution >= 4 is 0 Å². The first-order chi connectivity index (χ1) is 12.7. The monoisotopic (exact) mass is 356 g/mol. The third-order valence-electron chi connectivity index (χ3n) is 4.46. The van der Waals surface area contributed by atoms with Crippen LogP contribution >= 0.6 is 0 Å². The van der Waals surface area contributed by atoms with E-state index < -0.39 is 11.6 Å². The van der Waals surface area contributed by atoms with Crippen LogP contribution in [0.25, 0.3) is 11.3 Å². The lowest BCUT2D eigenvalue weighted by Crippen LogP contribution is -2.39. The molecule has 0 saturated carbocycles. The van der Waals surface area contributed by atoms with E-state index >= 15 is 0 Å². The van der Waals surface area contributed by atoms with Crippen LogP contribution in [0.2, 0.25) is 0 Å². The van der Waals surface area contributed by atoms with Crippen molar-refractivity contribution in [3.63, 3.8) is 0 Å². The van der Waals surface area contributed by atoms with Gasteiger partial charge in [-0.1, -0.05) is 6.07 Å². The number of nitrogens with zero attached hydrogens (tertiary/aromatic N) is 3. The summed E-state index contributed by atoms with van der Waals surface area (Å²) in [6, 6.07) is 9.25. The zero-order chi connectivity index (χ0) is 17.9. The molecule has 3 heterocycles. The maximum absolute atomic E-state index is 14.0. The number of pyridine rings is 1. The van der Waals surface area contributed by atoms with Crippen LogP contribution in [0.5, 0.6) is 0 Å². The molecule has 0 amide bonds. The number of H-pyrrole nitrogens is 1. The van der Waals surface area contributed by atoms with Crippen molar-refractivity contribution in [2.45, 2.75) is 12.6 Å². The molecule has 7 heteroatoms. The van der Waals surface area contributed by atoms with E-state index in [2.05, 4.69) is 19.9 Å². The number of rotatable bonds is 4. The highest BCUT2D eigenvalue weighted by Crippen LogP contribution is 2.27. The van der Waals surface area contributed by atoms with Gasteiger partial charge in [0.15, 0.2) is 0 Å². The molecule has 0 bridgehead atoms. The van der Waals surface area contributed by atoms with E-state index in [4.69, 9.17) is 4.74 Å². The largest absolute Gasteiger partial charge is 0.378 e. The number of morpholine rings is 1. The summed E-state index contributed by atoms with van der Waals surface area (Å²) < 4.78 is 32.8. The molecule has 3 aromatic rings. The van der Waals surface area contributed by atoms with Gasteiger partial charge >= 0.3 is 0 Å². The van der Waals surface area contributed by atoms with E-state index in [1.54, 1.807) is 12.4 Å². The molecule has 0 unspecified atom stereocenters. The van der Waals surface area contributed by atoms with Crippen molar-refractivity contribution < 1.29 is 13.5 Å². The van der Waals surface area contributed by atoms with Gasteiger partial charge in [-0.3, -0.25) is 9.88 Å². The first-order valence-electron chi connectivity index (χ1n) is 8.43. The Morgan fingerprint density at radius 3 is 2.92 bits per heavy atom. The number of aromatic nitrogens is 3. The van der Waals surface area contributed by atoms with Crippen molar-refractivity contribution in [3.8, 4) is 11.3 Å². The Kier molecular flexibility index (Phi) is 4.73. The summed E-state index contributed by atoms with van der Waals surface area (Å²) in [5.74, 6) is -0.530. The Morgan fingerprint density at radius 1 is 1.19 bits per heavy atom. The van der Waals surface area contributed by atoms with Gasteiger partial charge in [0, 0.05) is 30.9 Å². The zero-order valence-electron chi connectivity index (χ0n) is 14.0. The van der Waals surface area contributed by atoms with Crippen LogP contribution in [-0.2, 0) is 11.3 Å². The predicted octanol–water partition coefficient (Wildman–Crippen LogP) is 3.32. The SMILES string of the molecule is Fc1ccc(-c2cnc([C@@H]3COCCN3Cc3ccccn3)[nH]2)c(F)c1. The van der Waals surface area contributed by atoms with E-state index in [0.29, 0.717) is 31.3 Å². The second-order valence-electron chi connectivity index (χ2n) is 6.19. The highest BCUT2D eigenvalue weighted by Gasteiger charge is 2.27. The molecule has 2 aromatic heterocycles. The number of ether oxygens (including phenoxy) is 1. The smallest absolute Gasteiger partial charge is 0.135 e. The van der Waals surface area contributed by atoms with Gasteiger partial charge in [0.25, 0.3) is 0 Å². The van der Waals surface area contributed by atoms with Crippen LogP contribution in [0.15, 0.2) is 48.8 Å². The van der Waals surface area contributed by atoms with Gasteiger partial charge in [0.05, 0.1) is 36.8 Å². The third-order valence-corrected chi connectivity index (χ3v) is 4.46. The molecule has 1 aromatic carbocycles. The van der Waals surface area contributed by atoms with Gasteiger partial charge in [-0.05, 0) is 24.3 Å². The maximum Gasteiger partial charge on any atom is 0.135 e. The Morgan fingerprint density at radius 2 is 2.12 bits per heavy atom. The standard InChI is InChI=1S/C19H18F2N4O/c20-13-4-5-15(16(21)9-13)17-10-23-19(24-17)18-12-26-8-7-25(18)11-14-3-1-2-6-22-14/h1-6,9-10,18H,7-8,11-12H2,(H,23,24)/t18-/m0/s1. The molecule has 134 valence electrons. The fourth-order valence-corrected chi connectivity index (χ4v) is 3.13. The number of hydrogen-bond donors (Lipinski definition) is 1. The average Bonchev–Trinajstić information content (AvgIpc) is 3.13. The molecule has 1 N–H and O–H groups in total. The Bertz CT molecular complexity index is 884. The third kappa shape index (κ3) is 3.49. The molecule has 4 rings (SSSR count). The second kappa shape index (κ2) is 7.31. The Hall–Kier alpha value is -2.64. The van der Waals surface area contributed by atoms with Crippen LogP contribution in [0.1, 0.15) is 17.6 Å². The number of aromatic amines is 1. The van der Waals surface area contributed by atoms with E-state index in [1.165, 1.54) is 12.1 Å². The molecular formula is C19H18F2N4O. The zero-order valence-corrected chi connectivity index (χ0v) is 14.0. The first-order valence-corrected chi connectivity index (χ1v) is 8.43. The summed E-state index contributed by atoms with van der Waals surface area (Å²) in [4.78, 5) is 14.2. The Labute approximate surface area is 149 Å². The molecule has 0 radical (unpaired) electrons. The molecule has 0 aliphatic carbocycles. The number of nitrogens with one attached hydrogen (secondary N) is 1. The molecule has 0 spiro atoms. The van der Waals surface area contributed by atoms with Gasteiger partial charge in [-0.2, -0.15) is 0 Å². The molecule has 1 atom stereocenters. The number of benzene rings is 1. The quantitative estimate of drug-likeness (QED) is 0.779. The second-order valence-corrected chi connectivity index (χ2v) is 6.19. The van der Waals surface area contributed by atoms with Crippen molar-refractivity contribution in [2.75, 3.05) is 19.8 Å². The lowest BCUT2D eigenvalue weighted by Gasteiger charge is -2.34. The molecular weight excluding hydrogens is 338 g/mol. The molecule has 1 saturated heterocycles. The maximum atomic E-state index is 14.0. The van der Waals surface area contributed by atoms with Crippen LogP contribution in [0.3, 0.4) is 0 Å². The minimum Gasteiger partial charge on any atom is -0.378 e.